The predicted octanol–water partition coefficient (Wildman–Crippen LogP) is 2.27. The second-order valence-electron chi connectivity index (χ2n) is 2.74. The van der Waals surface area contributed by atoms with Crippen LogP contribution in [-0.2, 0) is 0 Å². The standard InChI is InChI=1S/C9H8N2O2S/c1-6-7(5-13-11-6)9(10-12)8-3-2-4-14-8/h2-5,12H,1H3/b10-9+. The highest BCUT2D eigenvalue weighted by Gasteiger charge is 2.14. The van der Waals surface area contributed by atoms with Crippen molar-refractivity contribution in [3.05, 3.63) is 39.9 Å². The summed E-state index contributed by atoms with van der Waals surface area (Å²) in [5.74, 6) is 0. The maximum absolute atomic E-state index is 8.92. The van der Waals surface area contributed by atoms with Crippen molar-refractivity contribution in [2.75, 3.05) is 0 Å². The molecule has 0 bridgehead atoms. The Kier molecular flexibility index (Phi) is 2.32. The monoisotopic (exact) mass is 208 g/mol. The maximum Gasteiger partial charge on any atom is 0.133 e. The molecular formula is C9H8N2O2S. The lowest BCUT2D eigenvalue weighted by Crippen LogP contribution is -2.01. The van der Waals surface area contributed by atoms with E-state index in [9.17, 15) is 0 Å². The third-order valence-corrected chi connectivity index (χ3v) is 2.74. The van der Waals surface area contributed by atoms with Gasteiger partial charge in [-0.1, -0.05) is 16.4 Å². The van der Waals surface area contributed by atoms with Gasteiger partial charge in [-0.25, -0.2) is 0 Å². The Balaban J connectivity index is 2.47. The molecule has 0 saturated heterocycles. The van der Waals surface area contributed by atoms with Gasteiger partial charge >= 0.3 is 0 Å². The van der Waals surface area contributed by atoms with Crippen LogP contribution in [0.25, 0.3) is 0 Å². The van der Waals surface area contributed by atoms with Crippen molar-refractivity contribution in [3.8, 4) is 0 Å². The molecule has 1 N–H and O–H groups in total. The van der Waals surface area contributed by atoms with Crippen molar-refractivity contribution in [3.63, 3.8) is 0 Å². The summed E-state index contributed by atoms with van der Waals surface area (Å²) in [5, 5.41) is 17.8. The largest absolute Gasteiger partial charge is 0.410 e. The molecule has 4 nitrogen and oxygen atoms in total. The van der Waals surface area contributed by atoms with Gasteiger partial charge in [-0.3, -0.25) is 0 Å². The zero-order valence-electron chi connectivity index (χ0n) is 7.47. The summed E-state index contributed by atoms with van der Waals surface area (Å²) in [6.45, 7) is 1.80. The lowest BCUT2D eigenvalue weighted by molar-refractivity contribution is 0.319. The number of oxime groups is 1. The number of aryl methyl sites for hydroxylation is 1. The molecule has 72 valence electrons. The van der Waals surface area contributed by atoms with E-state index >= 15 is 0 Å². The fourth-order valence-electron chi connectivity index (χ4n) is 1.17. The molecule has 0 saturated carbocycles. The summed E-state index contributed by atoms with van der Waals surface area (Å²) in [4.78, 5) is 0.888. The summed E-state index contributed by atoms with van der Waals surface area (Å²) < 4.78 is 4.79. The van der Waals surface area contributed by atoms with Crippen LogP contribution >= 0.6 is 11.3 Å². The first-order valence-corrected chi connectivity index (χ1v) is 4.88. The molecule has 0 unspecified atom stereocenters. The fourth-order valence-corrected chi connectivity index (χ4v) is 1.89. The molecule has 5 heteroatoms. The minimum absolute atomic E-state index is 0.499. The zero-order chi connectivity index (χ0) is 9.97. The van der Waals surface area contributed by atoms with Gasteiger partial charge in [0, 0.05) is 0 Å². The van der Waals surface area contributed by atoms with Crippen LogP contribution in [0.15, 0.2) is 33.5 Å². The van der Waals surface area contributed by atoms with E-state index in [4.69, 9.17) is 9.73 Å². The quantitative estimate of drug-likeness (QED) is 0.468. The Bertz CT molecular complexity index is 445. The molecule has 2 aromatic heterocycles. The normalized spacial score (nSPS) is 11.9. The van der Waals surface area contributed by atoms with E-state index in [2.05, 4.69) is 10.3 Å². The molecule has 2 rings (SSSR count). The number of aromatic nitrogens is 1. The molecule has 0 aliphatic heterocycles. The van der Waals surface area contributed by atoms with Crippen LogP contribution in [0.5, 0.6) is 0 Å². The number of nitrogens with zero attached hydrogens (tertiary/aromatic N) is 2. The van der Waals surface area contributed by atoms with Crippen LogP contribution in [0.3, 0.4) is 0 Å². The van der Waals surface area contributed by atoms with Crippen LogP contribution in [0.2, 0.25) is 0 Å². The van der Waals surface area contributed by atoms with Crippen LogP contribution in [0, 0.1) is 6.92 Å². The third kappa shape index (κ3) is 1.42. The molecule has 0 aromatic carbocycles. The average molecular weight is 208 g/mol. The third-order valence-electron chi connectivity index (χ3n) is 1.86. The first-order chi connectivity index (χ1) is 6.83. The highest BCUT2D eigenvalue weighted by Crippen LogP contribution is 2.17. The second kappa shape index (κ2) is 3.63. The second-order valence-corrected chi connectivity index (χ2v) is 3.69. The van der Waals surface area contributed by atoms with Crippen molar-refractivity contribution in [1.29, 1.82) is 0 Å². The van der Waals surface area contributed by atoms with Crippen LogP contribution in [0.4, 0.5) is 0 Å². The SMILES string of the molecule is Cc1nocc1/C(=N\O)c1cccs1. The van der Waals surface area contributed by atoms with Gasteiger partial charge in [0.05, 0.1) is 16.1 Å². The van der Waals surface area contributed by atoms with Crippen molar-refractivity contribution in [2.45, 2.75) is 6.92 Å². The molecule has 0 atom stereocenters. The molecule has 0 amide bonds. The number of hydrogen-bond acceptors (Lipinski definition) is 5. The molecule has 0 aliphatic rings. The zero-order valence-corrected chi connectivity index (χ0v) is 8.28. The first-order valence-electron chi connectivity index (χ1n) is 4.00. The predicted molar refractivity (Wildman–Crippen MR) is 53.0 cm³/mol. The Morgan fingerprint density at radius 3 is 3.00 bits per heavy atom. The van der Waals surface area contributed by atoms with E-state index in [-0.39, 0.29) is 0 Å². The number of rotatable bonds is 2. The Morgan fingerprint density at radius 1 is 1.64 bits per heavy atom. The Morgan fingerprint density at radius 2 is 2.50 bits per heavy atom. The lowest BCUT2D eigenvalue weighted by atomic mass is 10.1. The summed E-state index contributed by atoms with van der Waals surface area (Å²) >= 11 is 1.50. The van der Waals surface area contributed by atoms with Gasteiger partial charge in [0.1, 0.15) is 12.0 Å². The van der Waals surface area contributed by atoms with E-state index in [0.29, 0.717) is 11.4 Å². The van der Waals surface area contributed by atoms with Gasteiger partial charge in [-0.2, -0.15) is 0 Å². The minimum atomic E-state index is 0.499. The van der Waals surface area contributed by atoms with Crippen molar-refractivity contribution in [1.82, 2.24) is 5.16 Å². The van der Waals surface area contributed by atoms with E-state index in [1.165, 1.54) is 17.6 Å². The Labute approximate surface area is 84.5 Å². The first kappa shape index (κ1) is 8.96. The highest BCUT2D eigenvalue weighted by atomic mass is 32.1. The average Bonchev–Trinajstić information content (AvgIpc) is 2.80. The highest BCUT2D eigenvalue weighted by molar-refractivity contribution is 7.12. The minimum Gasteiger partial charge on any atom is -0.410 e. The van der Waals surface area contributed by atoms with E-state index < -0.39 is 0 Å². The van der Waals surface area contributed by atoms with Crippen molar-refractivity contribution >= 4 is 17.0 Å². The fraction of sp³-hybridized carbons (Fsp3) is 0.111. The summed E-state index contributed by atoms with van der Waals surface area (Å²) in [6.07, 6.45) is 1.48. The van der Waals surface area contributed by atoms with E-state index in [1.54, 1.807) is 6.92 Å². The molecule has 2 heterocycles. The molecule has 0 radical (unpaired) electrons. The van der Waals surface area contributed by atoms with Gasteiger partial charge in [-0.05, 0) is 18.4 Å². The maximum atomic E-state index is 8.92. The van der Waals surface area contributed by atoms with Gasteiger partial charge in [0.2, 0.25) is 0 Å². The molecule has 14 heavy (non-hydrogen) atoms. The topological polar surface area (TPSA) is 58.6 Å². The number of thiophene rings is 1. The van der Waals surface area contributed by atoms with Crippen molar-refractivity contribution < 1.29 is 9.73 Å². The molecule has 0 aliphatic carbocycles. The van der Waals surface area contributed by atoms with Crippen molar-refractivity contribution in [2.24, 2.45) is 5.16 Å². The molecular weight excluding hydrogens is 200 g/mol. The van der Waals surface area contributed by atoms with Gasteiger partial charge in [0.25, 0.3) is 0 Å². The van der Waals surface area contributed by atoms with Crippen LogP contribution in [-0.4, -0.2) is 16.1 Å². The summed E-state index contributed by atoms with van der Waals surface area (Å²) in [7, 11) is 0. The molecule has 0 spiro atoms. The van der Waals surface area contributed by atoms with E-state index in [0.717, 1.165) is 10.4 Å². The van der Waals surface area contributed by atoms with Gasteiger partial charge < -0.3 is 9.73 Å². The summed E-state index contributed by atoms with van der Waals surface area (Å²) in [6, 6.07) is 3.78. The Hall–Kier alpha value is -1.62. The van der Waals surface area contributed by atoms with Crippen LogP contribution < -0.4 is 0 Å². The smallest absolute Gasteiger partial charge is 0.133 e. The van der Waals surface area contributed by atoms with Crippen LogP contribution in [0.1, 0.15) is 16.1 Å². The van der Waals surface area contributed by atoms with E-state index in [1.807, 2.05) is 17.5 Å². The number of hydrogen-bond donors (Lipinski definition) is 1. The van der Waals surface area contributed by atoms with Gasteiger partial charge in [0.15, 0.2) is 0 Å². The summed E-state index contributed by atoms with van der Waals surface area (Å²) in [5.41, 5.74) is 1.93. The molecule has 0 fully saturated rings. The van der Waals surface area contributed by atoms with Gasteiger partial charge in [-0.15, -0.1) is 11.3 Å². The lowest BCUT2D eigenvalue weighted by Gasteiger charge is -1.97. The molecule has 2 aromatic rings.